The normalized spacial score (nSPS) is 10.7. The molecule has 3 aromatic rings. The van der Waals surface area contributed by atoms with Crippen LogP contribution in [0.3, 0.4) is 0 Å². The van der Waals surface area contributed by atoms with E-state index in [1.54, 1.807) is 36.8 Å². The first-order chi connectivity index (χ1) is 14.1. The molecule has 29 heavy (non-hydrogen) atoms. The highest BCUT2D eigenvalue weighted by atomic mass is 35.5. The van der Waals surface area contributed by atoms with Crippen molar-refractivity contribution in [3.63, 3.8) is 0 Å². The van der Waals surface area contributed by atoms with E-state index < -0.39 is 0 Å². The van der Waals surface area contributed by atoms with Crippen molar-refractivity contribution in [1.29, 1.82) is 0 Å². The van der Waals surface area contributed by atoms with Crippen LogP contribution in [-0.4, -0.2) is 46.0 Å². The molecule has 0 aliphatic carbocycles. The van der Waals surface area contributed by atoms with Crippen molar-refractivity contribution >= 4 is 46.5 Å². The van der Waals surface area contributed by atoms with Crippen molar-refractivity contribution in [2.75, 3.05) is 19.5 Å². The van der Waals surface area contributed by atoms with Gasteiger partial charge < -0.3 is 4.74 Å². The summed E-state index contributed by atoms with van der Waals surface area (Å²) >= 11 is 8.47. The number of carbonyl (C=O) groups excluding carboxylic acids is 2. The van der Waals surface area contributed by atoms with Crippen LogP contribution in [0, 0.1) is 0 Å². The highest BCUT2D eigenvalue weighted by Gasteiger charge is 2.16. The smallest absolute Gasteiger partial charge is 0.279 e. The van der Waals surface area contributed by atoms with Crippen molar-refractivity contribution in [2.45, 2.75) is 11.7 Å². The molecule has 0 aliphatic heterocycles. The summed E-state index contributed by atoms with van der Waals surface area (Å²) in [7, 11) is 1.61. The fourth-order valence-corrected chi connectivity index (χ4v) is 3.86. The Kier molecular flexibility index (Phi) is 7.64. The Labute approximate surface area is 180 Å². The summed E-state index contributed by atoms with van der Waals surface area (Å²) < 4.78 is 7.06. The van der Waals surface area contributed by atoms with Crippen LogP contribution in [0.15, 0.2) is 46.9 Å². The van der Waals surface area contributed by atoms with E-state index >= 15 is 0 Å². The molecule has 0 fully saturated rings. The molecule has 0 aliphatic rings. The second kappa shape index (κ2) is 10.4. The second-order valence-electron chi connectivity index (χ2n) is 5.73. The first-order valence-electron chi connectivity index (χ1n) is 8.52. The molecule has 2 aromatic heterocycles. The average molecular weight is 452 g/mol. The number of nitrogens with one attached hydrogen (secondary N) is 2. The largest absolute Gasteiger partial charge is 0.383 e. The summed E-state index contributed by atoms with van der Waals surface area (Å²) in [4.78, 5) is 24.5. The number of nitrogens with zero attached hydrogens (tertiary/aromatic N) is 3. The molecule has 0 saturated carbocycles. The third kappa shape index (κ3) is 5.80. The molecule has 0 unspecified atom stereocenters. The van der Waals surface area contributed by atoms with Crippen LogP contribution in [0.2, 0.25) is 5.02 Å². The lowest BCUT2D eigenvalue weighted by atomic mass is 10.2. The number of amides is 2. The van der Waals surface area contributed by atoms with E-state index in [-0.39, 0.29) is 17.6 Å². The SMILES string of the molecule is COCCn1c(SCC(=O)NNC(=O)c2cccs2)nnc1-c1ccc(Cl)cc1. The molecule has 11 heteroatoms. The zero-order valence-electron chi connectivity index (χ0n) is 15.4. The van der Waals surface area contributed by atoms with Gasteiger partial charge in [0.25, 0.3) is 5.91 Å². The summed E-state index contributed by atoms with van der Waals surface area (Å²) in [5.41, 5.74) is 5.65. The number of hydrogen-bond acceptors (Lipinski definition) is 7. The maximum absolute atomic E-state index is 12.1. The van der Waals surface area contributed by atoms with E-state index in [4.69, 9.17) is 16.3 Å². The van der Waals surface area contributed by atoms with E-state index in [0.29, 0.717) is 34.0 Å². The first-order valence-corrected chi connectivity index (χ1v) is 10.8. The molecule has 2 heterocycles. The van der Waals surface area contributed by atoms with E-state index in [9.17, 15) is 9.59 Å². The number of thioether (sulfide) groups is 1. The van der Waals surface area contributed by atoms with Crippen LogP contribution < -0.4 is 10.9 Å². The number of halogens is 1. The number of rotatable bonds is 8. The zero-order chi connectivity index (χ0) is 20.6. The van der Waals surface area contributed by atoms with E-state index in [1.807, 2.05) is 16.7 Å². The van der Waals surface area contributed by atoms with Gasteiger partial charge in [-0.1, -0.05) is 29.4 Å². The third-order valence-corrected chi connectivity index (χ3v) is 5.82. The van der Waals surface area contributed by atoms with Gasteiger partial charge in [-0.05, 0) is 35.7 Å². The first kappa shape index (κ1) is 21.3. The Bertz CT molecular complexity index is 961. The minimum Gasteiger partial charge on any atom is -0.383 e. The Morgan fingerprint density at radius 3 is 2.69 bits per heavy atom. The topological polar surface area (TPSA) is 98.1 Å². The number of aromatic nitrogens is 3. The van der Waals surface area contributed by atoms with Crippen molar-refractivity contribution in [1.82, 2.24) is 25.6 Å². The third-order valence-electron chi connectivity index (χ3n) is 3.73. The molecule has 0 radical (unpaired) electrons. The Morgan fingerprint density at radius 2 is 2.00 bits per heavy atom. The lowest BCUT2D eigenvalue weighted by molar-refractivity contribution is -0.119. The van der Waals surface area contributed by atoms with Crippen LogP contribution in [0.1, 0.15) is 9.67 Å². The molecule has 0 bridgehead atoms. The van der Waals surface area contributed by atoms with Gasteiger partial charge in [-0.2, -0.15) is 0 Å². The van der Waals surface area contributed by atoms with Gasteiger partial charge in [0.05, 0.1) is 23.8 Å². The molecule has 2 N–H and O–H groups in total. The van der Waals surface area contributed by atoms with Gasteiger partial charge >= 0.3 is 0 Å². The standard InChI is InChI=1S/C18H18ClN5O3S2/c1-27-9-8-24-16(12-4-6-13(19)7-5-12)21-23-18(24)29-11-15(25)20-22-17(26)14-3-2-10-28-14/h2-7,10H,8-9,11H2,1H3,(H,20,25)(H,22,26). The molecule has 0 atom stereocenters. The zero-order valence-corrected chi connectivity index (χ0v) is 17.8. The highest BCUT2D eigenvalue weighted by molar-refractivity contribution is 7.99. The van der Waals surface area contributed by atoms with Gasteiger partial charge in [-0.25, -0.2) is 0 Å². The van der Waals surface area contributed by atoms with E-state index in [0.717, 1.165) is 5.56 Å². The lowest BCUT2D eigenvalue weighted by Gasteiger charge is -2.10. The van der Waals surface area contributed by atoms with Crippen LogP contribution in [0.25, 0.3) is 11.4 Å². The monoisotopic (exact) mass is 451 g/mol. The maximum atomic E-state index is 12.1. The fourth-order valence-electron chi connectivity index (χ4n) is 2.35. The van der Waals surface area contributed by atoms with Crippen LogP contribution in [-0.2, 0) is 16.1 Å². The number of methoxy groups -OCH3 is 1. The molecule has 8 nitrogen and oxygen atoms in total. The average Bonchev–Trinajstić information content (AvgIpc) is 3.39. The lowest BCUT2D eigenvalue weighted by Crippen LogP contribution is -2.42. The summed E-state index contributed by atoms with van der Waals surface area (Å²) in [6.07, 6.45) is 0. The minimum atomic E-state index is -0.355. The van der Waals surface area contributed by atoms with Crippen molar-refractivity contribution in [3.05, 3.63) is 51.7 Å². The van der Waals surface area contributed by atoms with Gasteiger partial charge in [0.2, 0.25) is 5.91 Å². The Morgan fingerprint density at radius 1 is 1.21 bits per heavy atom. The maximum Gasteiger partial charge on any atom is 0.279 e. The predicted octanol–water partition coefficient (Wildman–Crippen LogP) is 2.86. The molecule has 0 saturated heterocycles. The van der Waals surface area contributed by atoms with Crippen LogP contribution in [0.5, 0.6) is 0 Å². The van der Waals surface area contributed by atoms with Gasteiger partial charge in [-0.3, -0.25) is 25.0 Å². The summed E-state index contributed by atoms with van der Waals surface area (Å²) in [6.45, 7) is 0.996. The van der Waals surface area contributed by atoms with Crippen molar-refractivity contribution in [2.24, 2.45) is 0 Å². The Hall–Kier alpha value is -2.40. The fraction of sp³-hybridized carbons (Fsp3) is 0.222. The minimum absolute atomic E-state index is 0.0659. The van der Waals surface area contributed by atoms with Gasteiger partial charge in [0.1, 0.15) is 0 Å². The molecule has 1 aromatic carbocycles. The molecular formula is C18H18ClN5O3S2. The van der Waals surface area contributed by atoms with E-state index in [2.05, 4.69) is 21.0 Å². The summed E-state index contributed by atoms with van der Waals surface area (Å²) in [5, 5.41) is 11.4. The summed E-state index contributed by atoms with van der Waals surface area (Å²) in [6, 6.07) is 10.7. The van der Waals surface area contributed by atoms with Gasteiger partial charge in [-0.15, -0.1) is 21.5 Å². The number of hydrogen-bond donors (Lipinski definition) is 2. The number of ether oxygens (including phenoxy) is 1. The molecule has 3 rings (SSSR count). The number of thiophene rings is 1. The quantitative estimate of drug-likeness (QED) is 0.403. The number of hydrazine groups is 1. The molecular weight excluding hydrogens is 434 g/mol. The van der Waals surface area contributed by atoms with E-state index in [1.165, 1.54) is 23.1 Å². The second-order valence-corrected chi connectivity index (χ2v) is 8.05. The number of benzene rings is 1. The highest BCUT2D eigenvalue weighted by Crippen LogP contribution is 2.25. The van der Waals surface area contributed by atoms with Crippen LogP contribution in [0.4, 0.5) is 0 Å². The van der Waals surface area contributed by atoms with Crippen molar-refractivity contribution < 1.29 is 14.3 Å². The van der Waals surface area contributed by atoms with Crippen LogP contribution >= 0.6 is 34.7 Å². The Balaban J connectivity index is 1.62. The summed E-state index contributed by atoms with van der Waals surface area (Å²) in [5.74, 6) is 0.0182. The molecule has 0 spiro atoms. The van der Waals surface area contributed by atoms with Gasteiger partial charge in [0.15, 0.2) is 11.0 Å². The predicted molar refractivity (Wildman–Crippen MR) is 113 cm³/mol. The molecule has 2 amide bonds. The molecule has 152 valence electrons. The number of carbonyl (C=O) groups is 2. The van der Waals surface area contributed by atoms with Crippen molar-refractivity contribution in [3.8, 4) is 11.4 Å². The van der Waals surface area contributed by atoms with Gasteiger partial charge in [0, 0.05) is 17.7 Å².